The molecule has 0 radical (unpaired) electrons. The van der Waals surface area contributed by atoms with Gasteiger partial charge in [0.15, 0.2) is 5.82 Å². The van der Waals surface area contributed by atoms with E-state index in [4.69, 9.17) is 4.74 Å². The zero-order valence-electron chi connectivity index (χ0n) is 15.3. The molecule has 6 nitrogen and oxygen atoms in total. The third kappa shape index (κ3) is 4.06. The van der Waals surface area contributed by atoms with Gasteiger partial charge in [-0.25, -0.2) is 4.98 Å². The summed E-state index contributed by atoms with van der Waals surface area (Å²) in [4.78, 5) is 19.1. The van der Waals surface area contributed by atoms with Gasteiger partial charge in [-0.3, -0.25) is 9.89 Å². The van der Waals surface area contributed by atoms with E-state index in [1.807, 2.05) is 29.2 Å². The van der Waals surface area contributed by atoms with Crippen LogP contribution in [0.25, 0.3) is 0 Å². The van der Waals surface area contributed by atoms with Crippen LogP contribution in [0.4, 0.5) is 0 Å². The number of benzene rings is 1. The van der Waals surface area contributed by atoms with E-state index in [1.54, 1.807) is 7.11 Å². The number of aryl methyl sites for hydroxylation is 1. The molecule has 2 fully saturated rings. The fourth-order valence-corrected chi connectivity index (χ4v) is 3.63. The molecule has 1 amide bonds. The lowest BCUT2D eigenvalue weighted by Crippen LogP contribution is -2.29. The summed E-state index contributed by atoms with van der Waals surface area (Å²) in [7, 11) is 1.66. The van der Waals surface area contributed by atoms with E-state index in [0.717, 1.165) is 49.8 Å². The predicted octanol–water partition coefficient (Wildman–Crippen LogP) is 2.71. The highest BCUT2D eigenvalue weighted by molar-refractivity contribution is 5.76. The van der Waals surface area contributed by atoms with Crippen molar-refractivity contribution in [2.75, 3.05) is 20.2 Å². The molecule has 1 atom stereocenters. The molecule has 1 saturated heterocycles. The predicted molar refractivity (Wildman–Crippen MR) is 98.1 cm³/mol. The van der Waals surface area contributed by atoms with E-state index in [9.17, 15) is 4.79 Å². The van der Waals surface area contributed by atoms with Gasteiger partial charge >= 0.3 is 0 Å². The topological polar surface area (TPSA) is 71.1 Å². The van der Waals surface area contributed by atoms with Crippen LogP contribution in [0.1, 0.15) is 48.8 Å². The number of ether oxygens (including phenoxy) is 1. The zero-order valence-corrected chi connectivity index (χ0v) is 15.3. The first-order valence-corrected chi connectivity index (χ1v) is 9.53. The molecule has 1 N–H and O–H groups in total. The Morgan fingerprint density at radius 2 is 2.08 bits per heavy atom. The number of H-pyrrole nitrogens is 1. The molecule has 4 rings (SSSR count). The average Bonchev–Trinajstić information content (AvgIpc) is 3.24. The van der Waals surface area contributed by atoms with E-state index < -0.39 is 0 Å². The van der Waals surface area contributed by atoms with E-state index in [-0.39, 0.29) is 5.91 Å². The molecule has 1 unspecified atom stereocenters. The number of carbonyl (C=O) groups excluding carboxylic acids is 1. The number of likely N-dealkylation sites (tertiary alicyclic amines) is 1. The molecule has 1 aromatic heterocycles. The van der Waals surface area contributed by atoms with Crippen molar-refractivity contribution in [3.8, 4) is 5.75 Å². The van der Waals surface area contributed by atoms with Crippen LogP contribution in [-0.2, 0) is 17.6 Å². The lowest BCUT2D eigenvalue weighted by atomic mass is 10.0. The lowest BCUT2D eigenvalue weighted by molar-refractivity contribution is -0.130. The molecule has 2 aliphatic rings. The summed E-state index contributed by atoms with van der Waals surface area (Å²) in [6.07, 6.45) is 5.72. The van der Waals surface area contributed by atoms with Crippen molar-refractivity contribution in [2.45, 2.75) is 44.4 Å². The summed E-state index contributed by atoms with van der Waals surface area (Å²) in [5.41, 5.74) is 1.17. The number of amides is 1. The number of carbonyl (C=O) groups is 1. The number of nitrogens with zero attached hydrogens (tertiary/aromatic N) is 3. The molecule has 2 heterocycles. The number of aromatic nitrogens is 3. The van der Waals surface area contributed by atoms with Gasteiger partial charge in [-0.2, -0.15) is 5.10 Å². The highest BCUT2D eigenvalue weighted by Gasteiger charge is 2.30. The summed E-state index contributed by atoms with van der Waals surface area (Å²) < 4.78 is 5.17. The molecule has 1 saturated carbocycles. The van der Waals surface area contributed by atoms with Crippen LogP contribution in [0.5, 0.6) is 5.75 Å². The van der Waals surface area contributed by atoms with Gasteiger partial charge in [0, 0.05) is 31.8 Å². The quantitative estimate of drug-likeness (QED) is 0.830. The van der Waals surface area contributed by atoms with Crippen LogP contribution in [0.3, 0.4) is 0 Å². The molecule has 1 aliphatic carbocycles. The summed E-state index contributed by atoms with van der Waals surface area (Å²) in [5, 5.41) is 7.40. The number of rotatable bonds is 7. The maximum absolute atomic E-state index is 12.5. The monoisotopic (exact) mass is 354 g/mol. The van der Waals surface area contributed by atoms with Gasteiger partial charge in [-0.05, 0) is 49.3 Å². The standard InChI is InChI=1S/C20H26N4O2/c1-26-17-7-2-14(3-8-17)4-9-19(25)24-11-10-15(13-24)12-18-21-20(23-22-18)16-5-6-16/h2-3,7-8,15-16H,4-6,9-13H2,1H3,(H,21,22,23). The largest absolute Gasteiger partial charge is 0.497 e. The molecule has 1 aliphatic heterocycles. The molecule has 0 spiro atoms. The Balaban J connectivity index is 1.23. The van der Waals surface area contributed by atoms with Gasteiger partial charge in [-0.15, -0.1) is 0 Å². The number of hydrogen-bond acceptors (Lipinski definition) is 4. The number of nitrogens with one attached hydrogen (secondary N) is 1. The first kappa shape index (κ1) is 17.1. The second-order valence-electron chi connectivity index (χ2n) is 7.46. The van der Waals surface area contributed by atoms with Crippen molar-refractivity contribution >= 4 is 5.91 Å². The number of hydrogen-bond donors (Lipinski definition) is 1. The van der Waals surface area contributed by atoms with E-state index in [0.29, 0.717) is 18.3 Å². The Kier molecular flexibility index (Phi) is 4.91. The molecular formula is C20H26N4O2. The number of methoxy groups -OCH3 is 1. The first-order valence-electron chi connectivity index (χ1n) is 9.53. The Morgan fingerprint density at radius 1 is 1.27 bits per heavy atom. The average molecular weight is 354 g/mol. The molecule has 1 aromatic carbocycles. The van der Waals surface area contributed by atoms with Crippen molar-refractivity contribution in [1.29, 1.82) is 0 Å². The minimum Gasteiger partial charge on any atom is -0.497 e. The van der Waals surface area contributed by atoms with Crippen molar-refractivity contribution in [2.24, 2.45) is 5.92 Å². The van der Waals surface area contributed by atoms with Crippen molar-refractivity contribution in [3.05, 3.63) is 41.5 Å². The van der Waals surface area contributed by atoms with Crippen molar-refractivity contribution in [1.82, 2.24) is 20.1 Å². The van der Waals surface area contributed by atoms with E-state index in [2.05, 4.69) is 15.2 Å². The Morgan fingerprint density at radius 3 is 2.81 bits per heavy atom. The van der Waals surface area contributed by atoms with Crippen LogP contribution < -0.4 is 4.74 Å². The normalized spacial score (nSPS) is 19.7. The minimum absolute atomic E-state index is 0.250. The van der Waals surface area contributed by atoms with Gasteiger partial charge in [0.1, 0.15) is 11.6 Å². The third-order valence-electron chi connectivity index (χ3n) is 5.40. The van der Waals surface area contributed by atoms with Gasteiger partial charge < -0.3 is 9.64 Å². The minimum atomic E-state index is 0.250. The molecule has 6 heteroatoms. The summed E-state index contributed by atoms with van der Waals surface area (Å²) in [6.45, 7) is 1.69. The molecular weight excluding hydrogens is 328 g/mol. The smallest absolute Gasteiger partial charge is 0.222 e. The zero-order chi connectivity index (χ0) is 17.9. The van der Waals surface area contributed by atoms with Crippen LogP contribution in [-0.4, -0.2) is 46.2 Å². The molecule has 26 heavy (non-hydrogen) atoms. The second kappa shape index (κ2) is 7.48. The highest BCUT2D eigenvalue weighted by Crippen LogP contribution is 2.37. The second-order valence-corrected chi connectivity index (χ2v) is 7.46. The summed E-state index contributed by atoms with van der Waals surface area (Å²) >= 11 is 0. The summed E-state index contributed by atoms with van der Waals surface area (Å²) in [5.74, 6) is 4.12. The highest BCUT2D eigenvalue weighted by atomic mass is 16.5. The van der Waals surface area contributed by atoms with Gasteiger partial charge in [-0.1, -0.05) is 12.1 Å². The molecule has 0 bridgehead atoms. The molecule has 138 valence electrons. The van der Waals surface area contributed by atoms with E-state index >= 15 is 0 Å². The maximum Gasteiger partial charge on any atom is 0.222 e. The van der Waals surface area contributed by atoms with Crippen molar-refractivity contribution < 1.29 is 9.53 Å². The van der Waals surface area contributed by atoms with Crippen molar-refractivity contribution in [3.63, 3.8) is 0 Å². The fourth-order valence-electron chi connectivity index (χ4n) is 3.63. The van der Waals surface area contributed by atoms with Gasteiger partial charge in [0.05, 0.1) is 7.11 Å². The Hall–Kier alpha value is -2.37. The lowest BCUT2D eigenvalue weighted by Gasteiger charge is -2.16. The van der Waals surface area contributed by atoms with Crippen LogP contribution in [0, 0.1) is 5.92 Å². The van der Waals surface area contributed by atoms with E-state index in [1.165, 1.54) is 18.4 Å². The maximum atomic E-state index is 12.5. The van der Waals surface area contributed by atoms with Gasteiger partial charge in [0.2, 0.25) is 5.91 Å². The van der Waals surface area contributed by atoms with Crippen LogP contribution >= 0.6 is 0 Å². The first-order chi connectivity index (χ1) is 12.7. The Bertz CT molecular complexity index is 751. The number of aromatic amines is 1. The molecule has 2 aromatic rings. The van der Waals surface area contributed by atoms with Crippen LogP contribution in [0.2, 0.25) is 0 Å². The fraction of sp³-hybridized carbons (Fsp3) is 0.550. The SMILES string of the molecule is COc1ccc(CCC(=O)N2CCC(Cc3nc(C4CC4)n[nH]3)C2)cc1. The summed E-state index contributed by atoms with van der Waals surface area (Å²) in [6, 6.07) is 7.94. The Labute approximate surface area is 154 Å². The van der Waals surface area contributed by atoms with Gasteiger partial charge in [0.25, 0.3) is 0 Å². The van der Waals surface area contributed by atoms with Crippen LogP contribution in [0.15, 0.2) is 24.3 Å². The third-order valence-corrected chi connectivity index (χ3v) is 5.40.